The summed E-state index contributed by atoms with van der Waals surface area (Å²) in [5.41, 5.74) is 0. The highest BCUT2D eigenvalue weighted by Crippen LogP contribution is 2.24. The van der Waals surface area contributed by atoms with Crippen molar-refractivity contribution < 1.29 is 9.53 Å². The molecular formula is C8H14O2. The average molecular weight is 142 g/mol. The molecule has 10 heavy (non-hydrogen) atoms. The molecule has 0 radical (unpaired) electrons. The molecule has 0 spiro atoms. The number of rotatable bonds is 2. The van der Waals surface area contributed by atoms with E-state index in [4.69, 9.17) is 4.74 Å². The van der Waals surface area contributed by atoms with E-state index in [1.807, 2.05) is 0 Å². The number of esters is 1. The highest BCUT2D eigenvalue weighted by molar-refractivity contribution is 5.71. The largest absolute Gasteiger partial charge is 0.462 e. The van der Waals surface area contributed by atoms with Crippen molar-refractivity contribution >= 4 is 5.97 Å². The normalized spacial score (nSPS) is 32.4. The van der Waals surface area contributed by atoms with E-state index in [2.05, 4.69) is 13.8 Å². The van der Waals surface area contributed by atoms with Crippen LogP contribution in [0.4, 0.5) is 0 Å². The first kappa shape index (κ1) is 7.58. The third-order valence-electron chi connectivity index (χ3n) is 1.98. The first-order valence-corrected chi connectivity index (χ1v) is 3.93. The zero-order valence-electron chi connectivity index (χ0n) is 6.59. The second-order valence-corrected chi connectivity index (χ2v) is 3.00. The summed E-state index contributed by atoms with van der Waals surface area (Å²) in [6.07, 6.45) is 2.94. The van der Waals surface area contributed by atoms with Gasteiger partial charge in [-0.3, -0.25) is 4.79 Å². The Morgan fingerprint density at radius 3 is 2.80 bits per heavy atom. The molecule has 2 atom stereocenters. The van der Waals surface area contributed by atoms with Crippen LogP contribution in [0, 0.1) is 5.92 Å². The number of carbonyl (C=O) groups is 1. The average Bonchev–Trinajstić information content (AvgIpc) is 2.13. The van der Waals surface area contributed by atoms with Crippen LogP contribution in [0.15, 0.2) is 0 Å². The van der Waals surface area contributed by atoms with Gasteiger partial charge in [0.1, 0.15) is 6.10 Å². The molecule has 1 fully saturated rings. The SMILES string of the molecule is CCCC1OC(=O)CC1C. The van der Waals surface area contributed by atoms with Crippen LogP contribution in [0.1, 0.15) is 33.1 Å². The molecular weight excluding hydrogens is 128 g/mol. The Labute approximate surface area is 61.6 Å². The minimum Gasteiger partial charge on any atom is -0.462 e. The molecule has 2 nitrogen and oxygen atoms in total. The molecule has 1 aliphatic heterocycles. The highest BCUT2D eigenvalue weighted by atomic mass is 16.5. The molecule has 1 rings (SSSR count). The number of cyclic esters (lactones) is 1. The summed E-state index contributed by atoms with van der Waals surface area (Å²) in [6, 6.07) is 0. The fourth-order valence-corrected chi connectivity index (χ4v) is 1.36. The molecule has 0 bridgehead atoms. The van der Waals surface area contributed by atoms with Gasteiger partial charge in [0.05, 0.1) is 6.42 Å². The number of hydrogen-bond donors (Lipinski definition) is 0. The zero-order valence-corrected chi connectivity index (χ0v) is 6.59. The van der Waals surface area contributed by atoms with Gasteiger partial charge in [-0.1, -0.05) is 20.3 Å². The molecule has 1 heterocycles. The number of carbonyl (C=O) groups excluding carboxylic acids is 1. The molecule has 1 saturated heterocycles. The monoisotopic (exact) mass is 142 g/mol. The number of ether oxygens (including phenoxy) is 1. The first-order chi connectivity index (χ1) is 4.74. The van der Waals surface area contributed by atoms with Gasteiger partial charge >= 0.3 is 5.97 Å². The fourth-order valence-electron chi connectivity index (χ4n) is 1.36. The van der Waals surface area contributed by atoms with Crippen LogP contribution in [0.2, 0.25) is 0 Å². The molecule has 0 aromatic heterocycles. The van der Waals surface area contributed by atoms with E-state index in [1.165, 1.54) is 0 Å². The van der Waals surface area contributed by atoms with E-state index in [-0.39, 0.29) is 12.1 Å². The van der Waals surface area contributed by atoms with Gasteiger partial charge in [-0.05, 0) is 6.42 Å². The van der Waals surface area contributed by atoms with Gasteiger partial charge in [0.25, 0.3) is 0 Å². The van der Waals surface area contributed by atoms with Crippen molar-refractivity contribution in [2.45, 2.75) is 39.2 Å². The van der Waals surface area contributed by atoms with E-state index < -0.39 is 0 Å². The smallest absolute Gasteiger partial charge is 0.306 e. The van der Waals surface area contributed by atoms with Crippen LogP contribution < -0.4 is 0 Å². The standard InChI is InChI=1S/C8H14O2/c1-3-4-7-6(2)5-8(9)10-7/h6-7H,3-5H2,1-2H3. The zero-order chi connectivity index (χ0) is 7.56. The Kier molecular flexibility index (Phi) is 2.30. The lowest BCUT2D eigenvalue weighted by molar-refractivity contribution is -0.141. The predicted molar refractivity (Wildman–Crippen MR) is 38.6 cm³/mol. The second-order valence-electron chi connectivity index (χ2n) is 3.00. The Morgan fingerprint density at radius 2 is 2.40 bits per heavy atom. The van der Waals surface area contributed by atoms with Crippen molar-refractivity contribution in [3.05, 3.63) is 0 Å². The summed E-state index contributed by atoms with van der Waals surface area (Å²) in [5, 5.41) is 0. The van der Waals surface area contributed by atoms with Crippen LogP contribution in [-0.2, 0) is 9.53 Å². The Balaban J connectivity index is 2.38. The quantitative estimate of drug-likeness (QED) is 0.549. The van der Waals surface area contributed by atoms with E-state index >= 15 is 0 Å². The van der Waals surface area contributed by atoms with E-state index in [0.717, 1.165) is 12.8 Å². The molecule has 2 heteroatoms. The summed E-state index contributed by atoms with van der Waals surface area (Å²) in [7, 11) is 0. The lowest BCUT2D eigenvalue weighted by Crippen LogP contribution is -2.12. The van der Waals surface area contributed by atoms with Crippen LogP contribution >= 0.6 is 0 Å². The maximum absolute atomic E-state index is 10.7. The van der Waals surface area contributed by atoms with Crippen molar-refractivity contribution in [1.29, 1.82) is 0 Å². The van der Waals surface area contributed by atoms with Crippen LogP contribution in [0.3, 0.4) is 0 Å². The molecule has 0 saturated carbocycles. The summed E-state index contributed by atoms with van der Waals surface area (Å²) in [6.45, 7) is 4.18. The van der Waals surface area contributed by atoms with Gasteiger partial charge in [-0.2, -0.15) is 0 Å². The van der Waals surface area contributed by atoms with Gasteiger partial charge in [0, 0.05) is 5.92 Å². The van der Waals surface area contributed by atoms with Crippen LogP contribution in [-0.4, -0.2) is 12.1 Å². The molecule has 0 aromatic rings. The van der Waals surface area contributed by atoms with Crippen molar-refractivity contribution in [2.75, 3.05) is 0 Å². The lowest BCUT2D eigenvalue weighted by atomic mass is 10.0. The van der Waals surface area contributed by atoms with Gasteiger partial charge < -0.3 is 4.74 Å². The molecule has 0 aromatic carbocycles. The first-order valence-electron chi connectivity index (χ1n) is 3.93. The van der Waals surface area contributed by atoms with Crippen molar-refractivity contribution in [2.24, 2.45) is 5.92 Å². The summed E-state index contributed by atoms with van der Waals surface area (Å²) in [5.74, 6) is 0.415. The molecule has 0 N–H and O–H groups in total. The maximum atomic E-state index is 10.7. The van der Waals surface area contributed by atoms with Crippen molar-refractivity contribution in [3.8, 4) is 0 Å². The Bertz CT molecular complexity index is 131. The molecule has 1 aliphatic rings. The molecule has 0 aliphatic carbocycles. The minimum absolute atomic E-state index is 0.0223. The summed E-state index contributed by atoms with van der Waals surface area (Å²) >= 11 is 0. The van der Waals surface area contributed by atoms with Crippen molar-refractivity contribution in [3.63, 3.8) is 0 Å². The number of hydrogen-bond acceptors (Lipinski definition) is 2. The predicted octanol–water partition coefficient (Wildman–Crippen LogP) is 1.74. The van der Waals surface area contributed by atoms with Gasteiger partial charge in [-0.25, -0.2) is 0 Å². The lowest BCUT2D eigenvalue weighted by Gasteiger charge is -2.10. The summed E-state index contributed by atoms with van der Waals surface area (Å²) < 4.78 is 5.08. The van der Waals surface area contributed by atoms with Gasteiger partial charge in [0.2, 0.25) is 0 Å². The molecule has 0 amide bonds. The highest BCUT2D eigenvalue weighted by Gasteiger charge is 2.29. The van der Waals surface area contributed by atoms with Crippen LogP contribution in [0.25, 0.3) is 0 Å². The topological polar surface area (TPSA) is 26.3 Å². The Morgan fingerprint density at radius 1 is 1.70 bits per heavy atom. The summed E-state index contributed by atoms with van der Waals surface area (Å²) in [4.78, 5) is 10.7. The minimum atomic E-state index is -0.0223. The fraction of sp³-hybridized carbons (Fsp3) is 0.875. The third-order valence-corrected chi connectivity index (χ3v) is 1.98. The van der Waals surface area contributed by atoms with E-state index in [0.29, 0.717) is 12.3 Å². The van der Waals surface area contributed by atoms with E-state index in [1.54, 1.807) is 0 Å². The van der Waals surface area contributed by atoms with E-state index in [9.17, 15) is 4.79 Å². The molecule has 58 valence electrons. The third kappa shape index (κ3) is 1.49. The molecule has 2 unspecified atom stereocenters. The van der Waals surface area contributed by atoms with Crippen LogP contribution in [0.5, 0.6) is 0 Å². The maximum Gasteiger partial charge on any atom is 0.306 e. The van der Waals surface area contributed by atoms with Gasteiger partial charge in [0.15, 0.2) is 0 Å². The second kappa shape index (κ2) is 3.04. The van der Waals surface area contributed by atoms with Crippen molar-refractivity contribution in [1.82, 2.24) is 0 Å². The van der Waals surface area contributed by atoms with Gasteiger partial charge in [-0.15, -0.1) is 0 Å². The Hall–Kier alpha value is -0.530.